The molecule has 0 unspecified atom stereocenters. The van der Waals surface area contributed by atoms with E-state index in [1.807, 2.05) is 29.2 Å². The number of benzene rings is 1. The standard InChI is InChI=1S/C15H24N2O/c1-3-5-6-15(18)17(11-4-2)14-9-7-13(12-16)8-10-14/h7-10H,3-6,11-12,16H2,1-2H3. The van der Waals surface area contributed by atoms with Crippen LogP contribution in [0.4, 0.5) is 5.69 Å². The van der Waals surface area contributed by atoms with E-state index < -0.39 is 0 Å². The number of hydrogen-bond donors (Lipinski definition) is 1. The number of unbranched alkanes of at least 4 members (excludes halogenated alkanes) is 1. The van der Waals surface area contributed by atoms with Crippen molar-refractivity contribution in [3.8, 4) is 0 Å². The molecule has 0 saturated carbocycles. The third-order valence-corrected chi connectivity index (χ3v) is 2.98. The van der Waals surface area contributed by atoms with Crippen LogP contribution in [0.15, 0.2) is 24.3 Å². The molecule has 2 N–H and O–H groups in total. The van der Waals surface area contributed by atoms with Crippen LogP contribution in [0, 0.1) is 0 Å². The van der Waals surface area contributed by atoms with Gasteiger partial charge in [-0.15, -0.1) is 0 Å². The molecule has 0 radical (unpaired) electrons. The summed E-state index contributed by atoms with van der Waals surface area (Å²) in [6, 6.07) is 7.96. The maximum absolute atomic E-state index is 12.1. The van der Waals surface area contributed by atoms with Crippen molar-refractivity contribution in [2.24, 2.45) is 5.73 Å². The Bertz CT molecular complexity index is 359. The Morgan fingerprint density at radius 1 is 1.17 bits per heavy atom. The lowest BCUT2D eigenvalue weighted by molar-refractivity contribution is -0.118. The maximum Gasteiger partial charge on any atom is 0.226 e. The van der Waals surface area contributed by atoms with Gasteiger partial charge in [0.05, 0.1) is 0 Å². The summed E-state index contributed by atoms with van der Waals surface area (Å²) < 4.78 is 0. The highest BCUT2D eigenvalue weighted by atomic mass is 16.2. The van der Waals surface area contributed by atoms with Gasteiger partial charge in [0.1, 0.15) is 0 Å². The first kappa shape index (κ1) is 14.7. The van der Waals surface area contributed by atoms with Gasteiger partial charge in [-0.25, -0.2) is 0 Å². The Hall–Kier alpha value is -1.35. The number of amides is 1. The van der Waals surface area contributed by atoms with E-state index in [2.05, 4.69) is 13.8 Å². The smallest absolute Gasteiger partial charge is 0.226 e. The van der Waals surface area contributed by atoms with E-state index in [1.165, 1.54) is 0 Å². The normalized spacial score (nSPS) is 10.4. The average molecular weight is 248 g/mol. The molecule has 1 aromatic rings. The summed E-state index contributed by atoms with van der Waals surface area (Å²) in [7, 11) is 0. The highest BCUT2D eigenvalue weighted by Gasteiger charge is 2.13. The van der Waals surface area contributed by atoms with E-state index >= 15 is 0 Å². The second kappa shape index (κ2) is 7.88. The van der Waals surface area contributed by atoms with Gasteiger partial charge in [0, 0.05) is 25.2 Å². The minimum atomic E-state index is 0.221. The maximum atomic E-state index is 12.1. The Morgan fingerprint density at radius 3 is 2.33 bits per heavy atom. The van der Waals surface area contributed by atoms with Gasteiger partial charge in [0.25, 0.3) is 0 Å². The van der Waals surface area contributed by atoms with E-state index in [0.29, 0.717) is 13.0 Å². The van der Waals surface area contributed by atoms with Crippen molar-refractivity contribution in [2.75, 3.05) is 11.4 Å². The SMILES string of the molecule is CCCCC(=O)N(CCC)c1ccc(CN)cc1. The zero-order valence-electron chi connectivity index (χ0n) is 11.5. The number of carbonyl (C=O) groups is 1. The third-order valence-electron chi connectivity index (χ3n) is 2.98. The molecular formula is C15H24N2O. The first-order valence-electron chi connectivity index (χ1n) is 6.82. The predicted molar refractivity (Wildman–Crippen MR) is 76.5 cm³/mol. The number of hydrogen-bond acceptors (Lipinski definition) is 2. The summed E-state index contributed by atoms with van der Waals surface area (Å²) in [5, 5.41) is 0. The molecule has 0 spiro atoms. The number of rotatable bonds is 7. The minimum absolute atomic E-state index is 0.221. The number of nitrogens with zero attached hydrogens (tertiary/aromatic N) is 1. The van der Waals surface area contributed by atoms with Gasteiger partial charge < -0.3 is 10.6 Å². The minimum Gasteiger partial charge on any atom is -0.326 e. The van der Waals surface area contributed by atoms with E-state index in [4.69, 9.17) is 5.73 Å². The molecule has 100 valence electrons. The Morgan fingerprint density at radius 2 is 1.83 bits per heavy atom. The van der Waals surface area contributed by atoms with Crippen LogP contribution in [0.25, 0.3) is 0 Å². The Balaban J connectivity index is 2.78. The van der Waals surface area contributed by atoms with Crippen molar-refractivity contribution in [1.29, 1.82) is 0 Å². The Labute approximate surface area is 110 Å². The largest absolute Gasteiger partial charge is 0.326 e. The van der Waals surface area contributed by atoms with Gasteiger partial charge in [0.2, 0.25) is 5.91 Å². The summed E-state index contributed by atoms with van der Waals surface area (Å²) in [6.45, 7) is 5.52. The molecule has 1 amide bonds. The van der Waals surface area contributed by atoms with Crippen molar-refractivity contribution >= 4 is 11.6 Å². The fourth-order valence-corrected chi connectivity index (χ4v) is 1.90. The summed E-state index contributed by atoms with van der Waals surface area (Å²) in [5.41, 5.74) is 7.65. The molecule has 0 aliphatic carbocycles. The predicted octanol–water partition coefficient (Wildman–Crippen LogP) is 3.08. The van der Waals surface area contributed by atoms with Crippen LogP contribution in [-0.2, 0) is 11.3 Å². The number of nitrogens with two attached hydrogens (primary N) is 1. The van der Waals surface area contributed by atoms with Gasteiger partial charge in [-0.3, -0.25) is 4.79 Å². The molecule has 0 bridgehead atoms. The molecule has 0 aromatic heterocycles. The van der Waals surface area contributed by atoms with E-state index in [0.717, 1.165) is 37.1 Å². The van der Waals surface area contributed by atoms with Crippen LogP contribution in [0.2, 0.25) is 0 Å². The van der Waals surface area contributed by atoms with Crippen molar-refractivity contribution in [3.63, 3.8) is 0 Å². The monoisotopic (exact) mass is 248 g/mol. The highest BCUT2D eigenvalue weighted by Crippen LogP contribution is 2.17. The summed E-state index contributed by atoms with van der Waals surface area (Å²) in [6.07, 6.45) is 3.61. The van der Waals surface area contributed by atoms with Crippen LogP contribution < -0.4 is 10.6 Å². The molecular weight excluding hydrogens is 224 g/mol. The second-order valence-electron chi connectivity index (χ2n) is 4.52. The summed E-state index contributed by atoms with van der Waals surface area (Å²) in [4.78, 5) is 14.0. The topological polar surface area (TPSA) is 46.3 Å². The van der Waals surface area contributed by atoms with E-state index in [9.17, 15) is 4.79 Å². The van der Waals surface area contributed by atoms with E-state index in [-0.39, 0.29) is 5.91 Å². The van der Waals surface area contributed by atoms with Crippen LogP contribution in [-0.4, -0.2) is 12.5 Å². The lowest BCUT2D eigenvalue weighted by Crippen LogP contribution is -2.31. The number of carbonyl (C=O) groups excluding carboxylic acids is 1. The van der Waals surface area contributed by atoms with Crippen molar-refractivity contribution in [1.82, 2.24) is 0 Å². The van der Waals surface area contributed by atoms with Crippen molar-refractivity contribution in [3.05, 3.63) is 29.8 Å². The molecule has 1 rings (SSSR count). The lowest BCUT2D eigenvalue weighted by Gasteiger charge is -2.22. The molecule has 0 saturated heterocycles. The molecule has 1 aromatic carbocycles. The van der Waals surface area contributed by atoms with Gasteiger partial charge >= 0.3 is 0 Å². The van der Waals surface area contributed by atoms with Gasteiger partial charge in [-0.05, 0) is 30.5 Å². The summed E-state index contributed by atoms with van der Waals surface area (Å²) in [5.74, 6) is 0.221. The molecule has 0 aliphatic heterocycles. The average Bonchev–Trinajstić information content (AvgIpc) is 2.42. The molecule has 0 aliphatic rings. The fraction of sp³-hybridized carbons (Fsp3) is 0.533. The molecule has 0 fully saturated rings. The third kappa shape index (κ3) is 4.15. The molecule has 0 atom stereocenters. The quantitative estimate of drug-likeness (QED) is 0.806. The van der Waals surface area contributed by atoms with Crippen molar-refractivity contribution in [2.45, 2.75) is 46.1 Å². The van der Waals surface area contributed by atoms with Gasteiger partial charge in [-0.1, -0.05) is 32.4 Å². The molecule has 3 heteroatoms. The molecule has 3 nitrogen and oxygen atoms in total. The fourth-order valence-electron chi connectivity index (χ4n) is 1.90. The molecule has 18 heavy (non-hydrogen) atoms. The van der Waals surface area contributed by atoms with Gasteiger partial charge in [0.15, 0.2) is 0 Å². The second-order valence-corrected chi connectivity index (χ2v) is 4.52. The van der Waals surface area contributed by atoms with Crippen LogP contribution >= 0.6 is 0 Å². The summed E-state index contributed by atoms with van der Waals surface area (Å²) >= 11 is 0. The number of anilines is 1. The van der Waals surface area contributed by atoms with Crippen molar-refractivity contribution < 1.29 is 4.79 Å². The molecule has 0 heterocycles. The first-order chi connectivity index (χ1) is 8.72. The van der Waals surface area contributed by atoms with Crippen LogP contribution in [0.5, 0.6) is 0 Å². The Kier molecular flexibility index (Phi) is 6.44. The van der Waals surface area contributed by atoms with Crippen LogP contribution in [0.1, 0.15) is 45.1 Å². The lowest BCUT2D eigenvalue weighted by atomic mass is 10.1. The zero-order valence-corrected chi connectivity index (χ0v) is 11.5. The highest BCUT2D eigenvalue weighted by molar-refractivity contribution is 5.93. The first-order valence-corrected chi connectivity index (χ1v) is 6.82. The van der Waals surface area contributed by atoms with Crippen LogP contribution in [0.3, 0.4) is 0 Å². The van der Waals surface area contributed by atoms with E-state index in [1.54, 1.807) is 0 Å². The van der Waals surface area contributed by atoms with Gasteiger partial charge in [-0.2, -0.15) is 0 Å². The zero-order chi connectivity index (χ0) is 13.4.